The highest BCUT2D eigenvalue weighted by Gasteiger charge is 2.31. The quantitative estimate of drug-likeness (QED) is 0.310. The van der Waals surface area contributed by atoms with E-state index >= 15 is 0 Å². The molecule has 0 bridgehead atoms. The highest BCUT2D eigenvalue weighted by molar-refractivity contribution is 5.89. The van der Waals surface area contributed by atoms with E-state index in [0.29, 0.717) is 26.2 Å². The minimum Gasteiger partial charge on any atom is -0.530 e. The Morgan fingerprint density at radius 1 is 0.947 bits per heavy atom. The minimum absolute atomic E-state index is 0.0756. The van der Waals surface area contributed by atoms with Crippen LogP contribution in [0.4, 0.5) is 4.79 Å². The lowest BCUT2D eigenvalue weighted by atomic mass is 9.86. The Labute approximate surface area is 223 Å². The van der Waals surface area contributed by atoms with Gasteiger partial charge in [0.1, 0.15) is 17.6 Å². The van der Waals surface area contributed by atoms with Crippen LogP contribution < -0.4 is 14.6 Å². The van der Waals surface area contributed by atoms with Crippen LogP contribution >= 0.6 is 0 Å². The Bertz CT molecular complexity index is 1360. The summed E-state index contributed by atoms with van der Waals surface area (Å²) in [5.41, 5.74) is 3.27. The smallest absolute Gasteiger partial charge is 0.137 e. The van der Waals surface area contributed by atoms with Crippen LogP contribution in [0.1, 0.15) is 29.0 Å². The first-order valence-electron chi connectivity index (χ1n) is 13.0. The number of hydrogen-bond acceptors (Lipinski definition) is 5. The summed E-state index contributed by atoms with van der Waals surface area (Å²) in [5, 5.41) is 13.8. The molecule has 6 heteroatoms. The Balaban J connectivity index is 1.28. The molecule has 5 rings (SSSR count). The third-order valence-corrected chi connectivity index (χ3v) is 7.25. The molecular formula is C32H32NO5-. The van der Waals surface area contributed by atoms with Crippen LogP contribution in [0.2, 0.25) is 0 Å². The number of benzene rings is 4. The van der Waals surface area contributed by atoms with Gasteiger partial charge in [-0.25, -0.2) is 0 Å². The zero-order valence-corrected chi connectivity index (χ0v) is 21.5. The van der Waals surface area contributed by atoms with Crippen molar-refractivity contribution >= 4 is 16.9 Å². The van der Waals surface area contributed by atoms with Crippen molar-refractivity contribution in [3.05, 3.63) is 108 Å². The van der Waals surface area contributed by atoms with E-state index < -0.39 is 6.09 Å². The van der Waals surface area contributed by atoms with Gasteiger partial charge in [0, 0.05) is 36.4 Å². The maximum absolute atomic E-state index is 11.6. The SMILES string of the molecule is COc1c(COC2CN(C(=O)[O-])CCC2c2ccc(CCOc3ccccc3)cc2)ccc2ccccc12. The number of fused-ring (bicyclic) bond motifs is 1. The molecule has 0 spiro atoms. The average molecular weight is 511 g/mol. The van der Waals surface area contributed by atoms with Crippen molar-refractivity contribution in [2.45, 2.75) is 31.5 Å². The van der Waals surface area contributed by atoms with E-state index in [1.54, 1.807) is 7.11 Å². The number of carbonyl (C=O) groups is 1. The van der Waals surface area contributed by atoms with Crippen LogP contribution in [0.5, 0.6) is 11.5 Å². The van der Waals surface area contributed by atoms with Crippen LogP contribution in [-0.4, -0.2) is 43.9 Å². The van der Waals surface area contributed by atoms with Gasteiger partial charge in [-0.05, 0) is 35.1 Å². The van der Waals surface area contributed by atoms with Gasteiger partial charge >= 0.3 is 0 Å². The van der Waals surface area contributed by atoms with E-state index in [4.69, 9.17) is 14.2 Å². The second-order valence-electron chi connectivity index (χ2n) is 9.59. The van der Waals surface area contributed by atoms with E-state index in [2.05, 4.69) is 36.4 Å². The van der Waals surface area contributed by atoms with Crippen LogP contribution in [0.15, 0.2) is 91.0 Å². The molecule has 1 aliphatic rings. The number of carboxylic acid groups (broad SMARTS) is 1. The Morgan fingerprint density at radius 2 is 1.71 bits per heavy atom. The summed E-state index contributed by atoms with van der Waals surface area (Å²) in [5.74, 6) is 1.73. The maximum Gasteiger partial charge on any atom is 0.137 e. The lowest BCUT2D eigenvalue weighted by Crippen LogP contribution is -2.51. The first-order chi connectivity index (χ1) is 18.6. The third-order valence-electron chi connectivity index (χ3n) is 7.25. The zero-order chi connectivity index (χ0) is 26.3. The zero-order valence-electron chi connectivity index (χ0n) is 21.5. The lowest BCUT2D eigenvalue weighted by molar-refractivity contribution is -0.268. The molecule has 196 valence electrons. The van der Waals surface area contributed by atoms with Gasteiger partial charge in [-0.2, -0.15) is 0 Å². The largest absolute Gasteiger partial charge is 0.530 e. The predicted octanol–water partition coefficient (Wildman–Crippen LogP) is 5.19. The van der Waals surface area contributed by atoms with Crippen molar-refractivity contribution in [3.8, 4) is 11.5 Å². The molecule has 1 amide bonds. The molecule has 0 aromatic heterocycles. The molecule has 0 N–H and O–H groups in total. The maximum atomic E-state index is 11.6. The van der Waals surface area contributed by atoms with Gasteiger partial charge in [-0.3, -0.25) is 0 Å². The molecule has 1 aliphatic heterocycles. The van der Waals surface area contributed by atoms with E-state index in [9.17, 15) is 9.90 Å². The second kappa shape index (κ2) is 12.0. The average Bonchev–Trinajstić information content (AvgIpc) is 2.96. The van der Waals surface area contributed by atoms with Crippen molar-refractivity contribution < 1.29 is 24.1 Å². The summed E-state index contributed by atoms with van der Waals surface area (Å²) in [7, 11) is 1.67. The Morgan fingerprint density at radius 3 is 2.47 bits per heavy atom. The number of rotatable bonds is 9. The van der Waals surface area contributed by atoms with E-state index in [1.165, 1.54) is 10.5 Å². The fraction of sp³-hybridized carbons (Fsp3) is 0.281. The first-order valence-corrected chi connectivity index (χ1v) is 13.0. The Kier molecular flexibility index (Phi) is 8.09. The molecule has 38 heavy (non-hydrogen) atoms. The van der Waals surface area contributed by atoms with Crippen molar-refractivity contribution in [2.75, 3.05) is 26.8 Å². The summed E-state index contributed by atoms with van der Waals surface area (Å²) in [6.07, 6.45) is 0.0171. The highest BCUT2D eigenvalue weighted by Crippen LogP contribution is 2.34. The van der Waals surface area contributed by atoms with Gasteiger partial charge in [-0.15, -0.1) is 0 Å². The van der Waals surface area contributed by atoms with Crippen LogP contribution in [0.25, 0.3) is 10.8 Å². The van der Waals surface area contributed by atoms with Crippen LogP contribution in [0, 0.1) is 0 Å². The summed E-state index contributed by atoms with van der Waals surface area (Å²) >= 11 is 0. The van der Waals surface area contributed by atoms with Crippen molar-refractivity contribution in [1.29, 1.82) is 0 Å². The number of para-hydroxylation sites is 1. The number of ether oxygens (including phenoxy) is 3. The van der Waals surface area contributed by atoms with Crippen molar-refractivity contribution in [3.63, 3.8) is 0 Å². The topological polar surface area (TPSA) is 71.1 Å². The van der Waals surface area contributed by atoms with E-state index in [-0.39, 0.29) is 18.6 Å². The third kappa shape index (κ3) is 5.92. The molecule has 4 aromatic rings. The second-order valence-corrected chi connectivity index (χ2v) is 9.59. The molecule has 2 atom stereocenters. The molecule has 1 fully saturated rings. The van der Waals surface area contributed by atoms with Crippen molar-refractivity contribution in [1.82, 2.24) is 4.90 Å². The number of piperidine rings is 1. The lowest BCUT2D eigenvalue weighted by Gasteiger charge is -2.40. The van der Waals surface area contributed by atoms with Gasteiger partial charge in [-0.1, -0.05) is 78.9 Å². The number of amides is 1. The molecule has 0 aliphatic carbocycles. The molecule has 1 heterocycles. The monoisotopic (exact) mass is 510 g/mol. The normalized spacial score (nSPS) is 17.3. The number of likely N-dealkylation sites (tertiary alicyclic amines) is 1. The number of nitrogens with zero attached hydrogens (tertiary/aromatic N) is 1. The number of hydrogen-bond donors (Lipinski definition) is 0. The molecule has 6 nitrogen and oxygen atoms in total. The Hall–Kier alpha value is -4.03. The molecule has 1 saturated heterocycles. The van der Waals surface area contributed by atoms with Gasteiger partial charge in [0.15, 0.2) is 0 Å². The minimum atomic E-state index is -1.16. The summed E-state index contributed by atoms with van der Waals surface area (Å²) < 4.78 is 18.0. The predicted molar refractivity (Wildman–Crippen MR) is 145 cm³/mol. The fourth-order valence-corrected chi connectivity index (χ4v) is 5.21. The van der Waals surface area contributed by atoms with Gasteiger partial charge in [0.2, 0.25) is 0 Å². The van der Waals surface area contributed by atoms with Crippen molar-refractivity contribution in [2.24, 2.45) is 0 Å². The number of carbonyl (C=O) groups excluding carboxylic acids is 1. The van der Waals surface area contributed by atoms with Gasteiger partial charge < -0.3 is 29.0 Å². The number of methoxy groups -OCH3 is 1. The fourth-order valence-electron chi connectivity index (χ4n) is 5.21. The molecule has 4 aromatic carbocycles. The summed E-state index contributed by atoms with van der Waals surface area (Å²) in [4.78, 5) is 13.0. The van der Waals surface area contributed by atoms with Gasteiger partial charge in [0.25, 0.3) is 0 Å². The van der Waals surface area contributed by atoms with Crippen LogP contribution in [-0.2, 0) is 17.8 Å². The molecular weight excluding hydrogens is 478 g/mol. The summed E-state index contributed by atoms with van der Waals surface area (Å²) in [6.45, 7) is 1.63. The van der Waals surface area contributed by atoms with E-state index in [1.807, 2.05) is 54.6 Å². The van der Waals surface area contributed by atoms with Gasteiger partial charge in [0.05, 0.1) is 26.4 Å². The van der Waals surface area contributed by atoms with Crippen LogP contribution in [0.3, 0.4) is 0 Å². The summed E-state index contributed by atoms with van der Waals surface area (Å²) in [6, 6.07) is 30.5. The first kappa shape index (κ1) is 25.6. The molecule has 0 radical (unpaired) electrons. The molecule has 2 unspecified atom stereocenters. The van der Waals surface area contributed by atoms with E-state index in [0.717, 1.165) is 39.8 Å². The molecule has 0 saturated carbocycles. The standard InChI is InChI=1S/C32H33NO5/c1-36-31-26(16-15-24-7-5-6-10-29(24)31)22-38-30-21-33(32(34)35)19-17-28(30)25-13-11-23(12-14-25)18-20-37-27-8-3-2-4-9-27/h2-16,28,30H,17-22H2,1H3,(H,34,35)/p-1. The highest BCUT2D eigenvalue weighted by atomic mass is 16.5.